The standard InChI is InChI=1S/C9H12BrN3.C5H10O2/c10-8-1-2-9(12-7-8)13-5-3-11-4-6-13;1-5(2,3)7-4-6/h1-2,7,11H,3-6H2;4H,1-3H3. The number of ether oxygens (including phenoxy) is 1. The van der Waals surface area contributed by atoms with Crippen LogP contribution in [0, 0.1) is 0 Å². The highest BCUT2D eigenvalue weighted by atomic mass is 79.9. The van der Waals surface area contributed by atoms with Gasteiger partial charge >= 0.3 is 0 Å². The van der Waals surface area contributed by atoms with E-state index in [9.17, 15) is 4.79 Å². The molecule has 5 nitrogen and oxygen atoms in total. The first kappa shape index (κ1) is 16.9. The molecule has 112 valence electrons. The smallest absolute Gasteiger partial charge is 0.293 e. The summed E-state index contributed by atoms with van der Waals surface area (Å²) < 4.78 is 5.58. The number of nitrogens with zero attached hydrogens (tertiary/aromatic N) is 2. The Bertz CT molecular complexity index is 398. The third kappa shape index (κ3) is 6.86. The number of carbonyl (C=O) groups excluding carboxylic acids is 1. The van der Waals surface area contributed by atoms with Crippen molar-refractivity contribution in [1.82, 2.24) is 10.3 Å². The maximum atomic E-state index is 9.60. The van der Waals surface area contributed by atoms with E-state index in [1.165, 1.54) is 0 Å². The van der Waals surface area contributed by atoms with Gasteiger partial charge in [-0.1, -0.05) is 0 Å². The number of hydrogen-bond acceptors (Lipinski definition) is 5. The van der Waals surface area contributed by atoms with Crippen LogP contribution in [-0.4, -0.2) is 43.2 Å². The minimum absolute atomic E-state index is 0.318. The normalized spacial score (nSPS) is 15.1. The van der Waals surface area contributed by atoms with Crippen LogP contribution in [0.1, 0.15) is 20.8 Å². The lowest BCUT2D eigenvalue weighted by atomic mass is 10.2. The van der Waals surface area contributed by atoms with Gasteiger partial charge in [-0.25, -0.2) is 4.98 Å². The van der Waals surface area contributed by atoms with E-state index in [4.69, 9.17) is 0 Å². The van der Waals surface area contributed by atoms with Crippen molar-refractivity contribution in [2.75, 3.05) is 31.1 Å². The Morgan fingerprint density at radius 1 is 1.35 bits per heavy atom. The molecule has 0 unspecified atom stereocenters. The summed E-state index contributed by atoms with van der Waals surface area (Å²) in [4.78, 5) is 16.2. The molecule has 1 fully saturated rings. The molecule has 6 heteroatoms. The Balaban J connectivity index is 0.000000246. The number of rotatable bonds is 2. The molecule has 0 amide bonds. The summed E-state index contributed by atoms with van der Waals surface area (Å²) in [7, 11) is 0. The van der Waals surface area contributed by atoms with E-state index in [2.05, 4.69) is 41.9 Å². The number of pyridine rings is 1. The van der Waals surface area contributed by atoms with E-state index in [1.54, 1.807) is 0 Å². The van der Waals surface area contributed by atoms with Crippen LogP contribution in [0.3, 0.4) is 0 Å². The van der Waals surface area contributed by atoms with Crippen LogP contribution in [0.5, 0.6) is 0 Å². The van der Waals surface area contributed by atoms with Crippen LogP contribution in [0.15, 0.2) is 22.8 Å². The van der Waals surface area contributed by atoms with Gasteiger partial charge in [-0.2, -0.15) is 0 Å². The van der Waals surface area contributed by atoms with Gasteiger partial charge in [0.05, 0.1) is 0 Å². The van der Waals surface area contributed by atoms with Crippen molar-refractivity contribution in [2.24, 2.45) is 0 Å². The Labute approximate surface area is 128 Å². The summed E-state index contributed by atoms with van der Waals surface area (Å²) in [6, 6.07) is 4.08. The lowest BCUT2D eigenvalue weighted by Crippen LogP contribution is -2.43. The van der Waals surface area contributed by atoms with E-state index < -0.39 is 0 Å². The van der Waals surface area contributed by atoms with Crippen molar-refractivity contribution in [3.05, 3.63) is 22.8 Å². The zero-order valence-electron chi connectivity index (χ0n) is 12.2. The van der Waals surface area contributed by atoms with Crippen molar-refractivity contribution in [2.45, 2.75) is 26.4 Å². The highest BCUT2D eigenvalue weighted by molar-refractivity contribution is 9.10. The fourth-order valence-corrected chi connectivity index (χ4v) is 1.83. The second kappa shape index (κ2) is 8.21. The van der Waals surface area contributed by atoms with E-state index >= 15 is 0 Å². The maximum absolute atomic E-state index is 9.60. The lowest BCUT2D eigenvalue weighted by Gasteiger charge is -2.28. The first-order chi connectivity index (χ1) is 9.42. The molecule has 0 saturated carbocycles. The molecule has 2 heterocycles. The molecule has 1 N–H and O–H groups in total. The molecule has 0 radical (unpaired) electrons. The van der Waals surface area contributed by atoms with Gasteiger partial charge in [0.15, 0.2) is 0 Å². The topological polar surface area (TPSA) is 54.5 Å². The van der Waals surface area contributed by atoms with Gasteiger partial charge in [-0.05, 0) is 48.8 Å². The Morgan fingerprint density at radius 3 is 2.40 bits per heavy atom. The van der Waals surface area contributed by atoms with Gasteiger partial charge in [0.25, 0.3) is 6.47 Å². The number of piperazine rings is 1. The summed E-state index contributed by atoms with van der Waals surface area (Å²) in [5.41, 5.74) is -0.318. The molecule has 1 aliphatic heterocycles. The van der Waals surface area contributed by atoms with Gasteiger partial charge in [0.2, 0.25) is 0 Å². The SMILES string of the molecule is Brc1ccc(N2CCNCC2)nc1.CC(C)(C)OC=O. The molecule has 1 aromatic heterocycles. The van der Waals surface area contributed by atoms with Crippen molar-refractivity contribution >= 4 is 28.2 Å². The molecule has 0 aromatic carbocycles. The number of nitrogens with one attached hydrogen (secondary N) is 1. The molecular formula is C14H22BrN3O2. The lowest BCUT2D eigenvalue weighted by molar-refractivity contribution is -0.138. The Morgan fingerprint density at radius 2 is 2.00 bits per heavy atom. The van der Waals surface area contributed by atoms with Gasteiger partial charge in [0.1, 0.15) is 11.4 Å². The second-order valence-corrected chi connectivity index (χ2v) is 6.31. The summed E-state index contributed by atoms with van der Waals surface area (Å²) in [5.74, 6) is 1.07. The summed E-state index contributed by atoms with van der Waals surface area (Å²) in [6.45, 7) is 10.1. The summed E-state index contributed by atoms with van der Waals surface area (Å²) >= 11 is 3.38. The van der Waals surface area contributed by atoms with Crippen LogP contribution in [0.2, 0.25) is 0 Å². The van der Waals surface area contributed by atoms with E-state index in [-0.39, 0.29) is 5.60 Å². The molecule has 0 bridgehead atoms. The van der Waals surface area contributed by atoms with Crippen LogP contribution in [0.4, 0.5) is 5.82 Å². The van der Waals surface area contributed by atoms with Crippen LogP contribution in [-0.2, 0) is 9.53 Å². The predicted octanol–water partition coefficient (Wildman–Crippen LogP) is 2.21. The first-order valence-electron chi connectivity index (χ1n) is 6.61. The summed E-state index contributed by atoms with van der Waals surface area (Å²) in [5, 5.41) is 3.32. The zero-order valence-corrected chi connectivity index (χ0v) is 13.8. The zero-order chi connectivity index (χ0) is 15.0. The first-order valence-corrected chi connectivity index (χ1v) is 7.40. The van der Waals surface area contributed by atoms with Crippen molar-refractivity contribution < 1.29 is 9.53 Å². The summed E-state index contributed by atoms with van der Waals surface area (Å²) in [6.07, 6.45) is 1.84. The fourth-order valence-electron chi connectivity index (χ4n) is 1.59. The molecule has 0 aliphatic carbocycles. The van der Waals surface area contributed by atoms with E-state index in [0.717, 1.165) is 36.5 Å². The predicted molar refractivity (Wildman–Crippen MR) is 83.9 cm³/mol. The minimum Gasteiger partial charge on any atom is -0.462 e. The highest BCUT2D eigenvalue weighted by Gasteiger charge is 2.10. The molecule has 0 atom stereocenters. The molecule has 20 heavy (non-hydrogen) atoms. The van der Waals surface area contributed by atoms with Gasteiger partial charge in [-0.3, -0.25) is 4.79 Å². The molecule has 1 saturated heterocycles. The van der Waals surface area contributed by atoms with E-state index in [1.807, 2.05) is 33.0 Å². The minimum atomic E-state index is -0.318. The van der Waals surface area contributed by atoms with Crippen LogP contribution in [0.25, 0.3) is 0 Å². The molecule has 1 aromatic rings. The average Bonchev–Trinajstić information content (AvgIpc) is 2.40. The molecule has 0 spiro atoms. The third-order valence-corrected chi connectivity index (χ3v) is 3.02. The van der Waals surface area contributed by atoms with Crippen LogP contribution < -0.4 is 10.2 Å². The Hall–Kier alpha value is -1.14. The van der Waals surface area contributed by atoms with Crippen molar-refractivity contribution in [3.63, 3.8) is 0 Å². The fraction of sp³-hybridized carbons (Fsp3) is 0.571. The molecule has 1 aliphatic rings. The number of halogens is 1. The second-order valence-electron chi connectivity index (χ2n) is 5.40. The highest BCUT2D eigenvalue weighted by Crippen LogP contribution is 2.14. The van der Waals surface area contributed by atoms with Gasteiger partial charge in [0, 0.05) is 36.8 Å². The molecular weight excluding hydrogens is 322 g/mol. The average molecular weight is 344 g/mol. The van der Waals surface area contributed by atoms with Gasteiger partial charge in [-0.15, -0.1) is 0 Å². The maximum Gasteiger partial charge on any atom is 0.293 e. The van der Waals surface area contributed by atoms with Crippen molar-refractivity contribution in [1.29, 1.82) is 0 Å². The Kier molecular flexibility index (Phi) is 6.95. The number of aromatic nitrogens is 1. The number of anilines is 1. The quantitative estimate of drug-likeness (QED) is 0.834. The molecule has 2 rings (SSSR count). The van der Waals surface area contributed by atoms with Gasteiger partial charge < -0.3 is 15.0 Å². The number of carbonyl (C=O) groups is 1. The number of hydrogen-bond donors (Lipinski definition) is 1. The third-order valence-electron chi connectivity index (χ3n) is 2.55. The largest absolute Gasteiger partial charge is 0.462 e. The van der Waals surface area contributed by atoms with Crippen molar-refractivity contribution in [3.8, 4) is 0 Å². The van der Waals surface area contributed by atoms with E-state index in [0.29, 0.717) is 6.47 Å². The monoisotopic (exact) mass is 343 g/mol. The van der Waals surface area contributed by atoms with Crippen LogP contribution >= 0.6 is 15.9 Å².